The van der Waals surface area contributed by atoms with Crippen LogP contribution in [0.2, 0.25) is 5.04 Å². The van der Waals surface area contributed by atoms with Gasteiger partial charge in [-0.3, -0.25) is 4.79 Å². The van der Waals surface area contributed by atoms with E-state index in [4.69, 9.17) is 9.16 Å². The monoisotopic (exact) mass is 444 g/mol. The summed E-state index contributed by atoms with van der Waals surface area (Å²) in [6, 6.07) is 21.3. The molecule has 32 heavy (non-hydrogen) atoms. The fourth-order valence-electron chi connectivity index (χ4n) is 4.69. The van der Waals surface area contributed by atoms with Gasteiger partial charge in [-0.1, -0.05) is 93.3 Å². The summed E-state index contributed by atoms with van der Waals surface area (Å²) in [5.41, 5.74) is 0.325. The Morgan fingerprint density at radius 1 is 1.06 bits per heavy atom. The summed E-state index contributed by atoms with van der Waals surface area (Å²) in [5.74, 6) is 6.53. The molecule has 1 saturated carbocycles. The van der Waals surface area contributed by atoms with Gasteiger partial charge in [-0.25, -0.2) is 0 Å². The molecule has 3 nitrogen and oxygen atoms in total. The zero-order valence-corrected chi connectivity index (χ0v) is 20.5. The van der Waals surface area contributed by atoms with Crippen molar-refractivity contribution in [3.05, 3.63) is 72.3 Å². The highest BCUT2D eigenvalue weighted by molar-refractivity contribution is 6.99. The van der Waals surface area contributed by atoms with E-state index in [0.29, 0.717) is 13.0 Å². The van der Waals surface area contributed by atoms with Gasteiger partial charge in [-0.15, -0.1) is 0 Å². The van der Waals surface area contributed by atoms with Crippen molar-refractivity contribution < 1.29 is 14.0 Å². The average molecular weight is 445 g/mol. The second-order valence-electron chi connectivity index (χ2n) is 9.90. The lowest BCUT2D eigenvalue weighted by Crippen LogP contribution is -2.66. The first-order valence-corrected chi connectivity index (χ1v) is 13.3. The van der Waals surface area contributed by atoms with Gasteiger partial charge < -0.3 is 9.16 Å². The van der Waals surface area contributed by atoms with Gasteiger partial charge in [0.05, 0.1) is 6.61 Å². The van der Waals surface area contributed by atoms with Crippen LogP contribution in [0.25, 0.3) is 0 Å². The number of hydrogen-bond acceptors (Lipinski definition) is 3. The van der Waals surface area contributed by atoms with Crippen molar-refractivity contribution >= 4 is 24.5 Å². The number of ketones is 1. The van der Waals surface area contributed by atoms with E-state index < -0.39 is 13.9 Å². The molecule has 166 valence electrons. The smallest absolute Gasteiger partial charge is 0.261 e. The zero-order chi connectivity index (χ0) is 22.8. The van der Waals surface area contributed by atoms with Crippen LogP contribution in [0.3, 0.4) is 0 Å². The Bertz CT molecular complexity index is 1020. The lowest BCUT2D eigenvalue weighted by Gasteiger charge is -2.43. The third-order valence-electron chi connectivity index (χ3n) is 6.59. The zero-order valence-electron chi connectivity index (χ0n) is 19.5. The highest BCUT2D eigenvalue weighted by atomic mass is 28.4. The summed E-state index contributed by atoms with van der Waals surface area (Å²) in [6.07, 6.45) is 4.13. The molecule has 1 aliphatic carbocycles. The van der Waals surface area contributed by atoms with Crippen LogP contribution < -0.4 is 10.4 Å². The van der Waals surface area contributed by atoms with Gasteiger partial charge in [0.15, 0.2) is 11.4 Å². The second kappa shape index (κ2) is 8.82. The maximum absolute atomic E-state index is 11.8. The van der Waals surface area contributed by atoms with E-state index in [1.807, 2.05) is 6.92 Å². The third-order valence-corrected chi connectivity index (χ3v) is 11.6. The molecule has 4 rings (SSSR count). The van der Waals surface area contributed by atoms with Crippen LogP contribution >= 0.6 is 0 Å². The minimum Gasteiger partial charge on any atom is -0.405 e. The van der Waals surface area contributed by atoms with E-state index in [1.165, 1.54) is 10.4 Å². The van der Waals surface area contributed by atoms with Crippen LogP contribution in [0.5, 0.6) is 0 Å². The standard InChI is InChI=1S/C28H32O3Si/c1-27(2,3)32(23-15-7-5-8-16-23,24-17-9-6-10-18-24)30-21-26-28(4,31-26)20-12-14-22-13-11-19-25(22)29/h5-10,14-18,26H,11,13,19,21H2,1-4H3/b22-14+. The molecule has 0 bridgehead atoms. The molecule has 2 aliphatic rings. The van der Waals surface area contributed by atoms with Gasteiger partial charge in [-0.2, -0.15) is 0 Å². The van der Waals surface area contributed by atoms with Gasteiger partial charge in [0.2, 0.25) is 0 Å². The summed E-state index contributed by atoms with van der Waals surface area (Å²) >= 11 is 0. The van der Waals surface area contributed by atoms with Gasteiger partial charge in [0.25, 0.3) is 8.32 Å². The molecule has 2 unspecified atom stereocenters. The largest absolute Gasteiger partial charge is 0.405 e. The molecule has 2 aromatic carbocycles. The molecule has 0 radical (unpaired) electrons. The highest BCUT2D eigenvalue weighted by Gasteiger charge is 2.55. The molecule has 1 aliphatic heterocycles. The predicted molar refractivity (Wildman–Crippen MR) is 132 cm³/mol. The van der Waals surface area contributed by atoms with E-state index in [9.17, 15) is 4.79 Å². The van der Waals surface area contributed by atoms with Crippen LogP contribution in [0.15, 0.2) is 72.3 Å². The Balaban J connectivity index is 1.58. The number of epoxide rings is 1. The molecule has 2 atom stereocenters. The Morgan fingerprint density at radius 2 is 1.66 bits per heavy atom. The number of ether oxygens (including phenoxy) is 1. The summed E-state index contributed by atoms with van der Waals surface area (Å²) < 4.78 is 12.9. The Labute approximate surface area is 193 Å². The SMILES string of the molecule is CC1(C#C/C=C2\CCCC2=O)OC1CO[Si](c1ccccc1)(c1ccccc1)C(C)(C)C. The summed E-state index contributed by atoms with van der Waals surface area (Å²) in [7, 11) is -2.58. The number of Topliss-reactive ketones (excluding diaryl/α,β-unsaturated/α-hetero) is 1. The molecular weight excluding hydrogens is 412 g/mol. The van der Waals surface area contributed by atoms with Gasteiger partial charge >= 0.3 is 0 Å². The number of carbonyl (C=O) groups is 1. The highest BCUT2D eigenvalue weighted by Crippen LogP contribution is 2.40. The molecule has 0 spiro atoms. The molecular formula is C28H32O3Si. The molecule has 0 aromatic heterocycles. The first kappa shape index (κ1) is 22.7. The minimum atomic E-state index is -2.58. The van der Waals surface area contributed by atoms with E-state index in [1.54, 1.807) is 6.08 Å². The molecule has 2 aromatic rings. The summed E-state index contributed by atoms with van der Waals surface area (Å²) in [5, 5.41) is 2.45. The van der Waals surface area contributed by atoms with Gasteiger partial charge in [0.1, 0.15) is 6.10 Å². The second-order valence-corrected chi connectivity index (χ2v) is 14.2. The van der Waals surface area contributed by atoms with Crippen molar-refractivity contribution in [2.24, 2.45) is 0 Å². The average Bonchev–Trinajstić information content (AvgIpc) is 3.24. The summed E-state index contributed by atoms with van der Waals surface area (Å²) in [6.45, 7) is 9.33. The van der Waals surface area contributed by atoms with Crippen molar-refractivity contribution in [1.82, 2.24) is 0 Å². The van der Waals surface area contributed by atoms with Gasteiger partial charge in [-0.05, 0) is 41.3 Å². The lowest BCUT2D eigenvalue weighted by atomic mass is 10.1. The van der Waals surface area contributed by atoms with Gasteiger partial charge in [0, 0.05) is 12.0 Å². The number of hydrogen-bond donors (Lipinski definition) is 0. The van der Waals surface area contributed by atoms with Crippen molar-refractivity contribution in [2.45, 2.75) is 63.7 Å². The predicted octanol–water partition coefficient (Wildman–Crippen LogP) is 4.40. The van der Waals surface area contributed by atoms with E-state index in [-0.39, 0.29) is 16.9 Å². The maximum atomic E-state index is 11.8. The van der Waals surface area contributed by atoms with Crippen molar-refractivity contribution in [3.8, 4) is 11.8 Å². The van der Waals surface area contributed by atoms with Crippen molar-refractivity contribution in [3.63, 3.8) is 0 Å². The van der Waals surface area contributed by atoms with Crippen LogP contribution in [0.1, 0.15) is 47.0 Å². The van der Waals surface area contributed by atoms with E-state index >= 15 is 0 Å². The van der Waals surface area contributed by atoms with Crippen LogP contribution in [-0.2, 0) is 14.0 Å². The van der Waals surface area contributed by atoms with Crippen LogP contribution in [-0.4, -0.2) is 32.4 Å². The van der Waals surface area contributed by atoms with Crippen LogP contribution in [0.4, 0.5) is 0 Å². The normalized spacial score (nSPS) is 24.3. The fourth-order valence-corrected chi connectivity index (χ4v) is 9.24. The van der Waals surface area contributed by atoms with Crippen LogP contribution in [0, 0.1) is 11.8 Å². The summed E-state index contributed by atoms with van der Waals surface area (Å²) in [4.78, 5) is 11.8. The molecule has 2 fully saturated rings. The number of allylic oxidation sites excluding steroid dienone is 2. The first-order valence-electron chi connectivity index (χ1n) is 11.4. The molecule has 0 N–H and O–H groups in total. The lowest BCUT2D eigenvalue weighted by molar-refractivity contribution is -0.114. The molecule has 4 heteroatoms. The Hall–Kier alpha value is -2.45. The maximum Gasteiger partial charge on any atom is 0.261 e. The molecule has 0 amide bonds. The molecule has 1 heterocycles. The Morgan fingerprint density at radius 3 is 2.16 bits per heavy atom. The fraction of sp³-hybridized carbons (Fsp3) is 0.393. The number of carbonyl (C=O) groups excluding carboxylic acids is 1. The topological polar surface area (TPSA) is 38.8 Å². The van der Waals surface area contributed by atoms with E-state index in [0.717, 1.165) is 18.4 Å². The minimum absolute atomic E-state index is 0.0695. The van der Waals surface area contributed by atoms with Crippen molar-refractivity contribution in [1.29, 1.82) is 0 Å². The quantitative estimate of drug-likeness (QED) is 0.297. The molecule has 1 saturated heterocycles. The third kappa shape index (κ3) is 4.38. The number of benzene rings is 2. The van der Waals surface area contributed by atoms with Crippen molar-refractivity contribution in [2.75, 3.05) is 6.61 Å². The number of rotatable bonds is 5. The van der Waals surface area contributed by atoms with E-state index in [2.05, 4.69) is 93.3 Å². The first-order chi connectivity index (χ1) is 15.3. The Kier molecular flexibility index (Phi) is 6.27.